The van der Waals surface area contributed by atoms with Crippen molar-refractivity contribution in [3.8, 4) is 0 Å². The van der Waals surface area contributed by atoms with Gasteiger partial charge in [-0.3, -0.25) is 9.59 Å². The molecule has 4 heterocycles. The summed E-state index contributed by atoms with van der Waals surface area (Å²) in [6, 6.07) is 9.47. The highest BCUT2D eigenvalue weighted by Crippen LogP contribution is 2.23. The molecule has 1 N–H and O–H groups in total. The minimum atomic E-state index is -0.350. The Kier molecular flexibility index (Phi) is 5.90. The van der Waals surface area contributed by atoms with Crippen LogP contribution < -0.4 is 10.2 Å². The van der Waals surface area contributed by atoms with Gasteiger partial charge in [-0.25, -0.2) is 4.98 Å². The third kappa shape index (κ3) is 4.19. The maximum atomic E-state index is 13.0. The summed E-state index contributed by atoms with van der Waals surface area (Å²) in [6.07, 6.45) is 6.30. The third-order valence-corrected chi connectivity index (χ3v) is 6.47. The summed E-state index contributed by atoms with van der Waals surface area (Å²) in [5, 5.41) is 5.12. The molecule has 0 radical (unpaired) electrons. The molecule has 148 valence electrons. The van der Waals surface area contributed by atoms with Crippen LogP contribution in [0.1, 0.15) is 41.8 Å². The molecule has 0 spiro atoms. The maximum Gasteiger partial charge on any atom is 0.264 e. The number of carbonyl (C=O) groups is 2. The summed E-state index contributed by atoms with van der Waals surface area (Å²) < 4.78 is 0. The lowest BCUT2D eigenvalue weighted by Gasteiger charge is -2.37. The van der Waals surface area contributed by atoms with Crippen molar-refractivity contribution in [2.75, 3.05) is 24.5 Å². The molecule has 2 amide bonds. The molecular weight excluding hydrogens is 372 g/mol. The first-order valence-corrected chi connectivity index (χ1v) is 10.9. The van der Waals surface area contributed by atoms with Crippen LogP contribution in [0.25, 0.3) is 0 Å². The average molecular weight is 399 g/mol. The van der Waals surface area contributed by atoms with E-state index in [2.05, 4.69) is 15.2 Å². The number of nitrogens with one attached hydrogen (secondary N) is 1. The van der Waals surface area contributed by atoms with Crippen LogP contribution in [0, 0.1) is 0 Å². The quantitative estimate of drug-likeness (QED) is 0.860. The zero-order valence-electron chi connectivity index (χ0n) is 15.9. The highest BCUT2D eigenvalue weighted by Gasteiger charge is 2.34. The summed E-state index contributed by atoms with van der Waals surface area (Å²) in [4.78, 5) is 34.9. The van der Waals surface area contributed by atoms with E-state index in [0.29, 0.717) is 11.4 Å². The van der Waals surface area contributed by atoms with Gasteiger partial charge in [-0.2, -0.15) is 0 Å². The van der Waals surface area contributed by atoms with Crippen molar-refractivity contribution in [3.05, 3.63) is 46.8 Å². The average Bonchev–Trinajstić information content (AvgIpc) is 3.29. The summed E-state index contributed by atoms with van der Waals surface area (Å²) >= 11 is 1.44. The van der Waals surface area contributed by atoms with E-state index in [1.165, 1.54) is 11.3 Å². The van der Waals surface area contributed by atoms with Gasteiger partial charge in [0.2, 0.25) is 5.91 Å². The minimum absolute atomic E-state index is 0.000826. The van der Waals surface area contributed by atoms with Crippen LogP contribution in [0.2, 0.25) is 0 Å². The number of piperidine rings is 2. The van der Waals surface area contributed by atoms with Gasteiger partial charge in [0.15, 0.2) is 0 Å². The Labute approximate surface area is 169 Å². The fraction of sp³-hybridized carbons (Fsp3) is 0.476. The van der Waals surface area contributed by atoms with Gasteiger partial charge in [-0.15, -0.1) is 11.3 Å². The van der Waals surface area contributed by atoms with Gasteiger partial charge >= 0.3 is 0 Å². The Hall–Kier alpha value is -2.41. The van der Waals surface area contributed by atoms with Crippen LogP contribution >= 0.6 is 11.3 Å². The predicted molar refractivity (Wildman–Crippen MR) is 111 cm³/mol. The molecule has 1 unspecified atom stereocenters. The highest BCUT2D eigenvalue weighted by molar-refractivity contribution is 7.12. The van der Waals surface area contributed by atoms with Crippen LogP contribution in [0.15, 0.2) is 41.9 Å². The van der Waals surface area contributed by atoms with E-state index < -0.39 is 0 Å². The van der Waals surface area contributed by atoms with Crippen LogP contribution in [0.3, 0.4) is 0 Å². The molecule has 6 nitrogen and oxygen atoms in total. The van der Waals surface area contributed by atoms with Gasteiger partial charge in [0, 0.05) is 31.9 Å². The van der Waals surface area contributed by atoms with Gasteiger partial charge in [0.25, 0.3) is 5.91 Å². The van der Waals surface area contributed by atoms with E-state index in [4.69, 9.17) is 0 Å². The predicted octanol–water partition coefficient (Wildman–Crippen LogP) is 2.92. The molecule has 0 aliphatic carbocycles. The lowest BCUT2D eigenvalue weighted by atomic mass is 9.99. The first-order valence-electron chi connectivity index (χ1n) is 10.0. The normalized spacial score (nSPS) is 20.8. The van der Waals surface area contributed by atoms with Crippen LogP contribution in [-0.2, 0) is 4.79 Å². The zero-order valence-corrected chi connectivity index (χ0v) is 16.7. The number of rotatable bonds is 4. The van der Waals surface area contributed by atoms with Crippen molar-refractivity contribution in [3.63, 3.8) is 0 Å². The summed E-state index contributed by atoms with van der Waals surface area (Å²) in [7, 11) is 0. The molecule has 2 aromatic heterocycles. The minimum Gasteiger partial charge on any atom is -0.356 e. The lowest BCUT2D eigenvalue weighted by molar-refractivity contribution is -0.127. The standard InChI is InChI=1S/C21H26N4O2S/c26-20(17-6-2-4-12-25(17)21(27)18-7-5-15-28-18)23-16-9-13-24(14-10-16)19-8-1-3-11-22-19/h1,3,5,7-8,11,15-17H,2,4,6,9-10,12-14H2,(H,23,26). The molecule has 4 rings (SSSR count). The number of pyridine rings is 1. The van der Waals surface area contributed by atoms with Gasteiger partial charge in [-0.05, 0) is 55.7 Å². The molecule has 2 saturated heterocycles. The Bertz CT molecular complexity index is 788. The first kappa shape index (κ1) is 18.9. The molecule has 1 atom stereocenters. The Morgan fingerprint density at radius 1 is 1.04 bits per heavy atom. The molecule has 28 heavy (non-hydrogen) atoms. The Morgan fingerprint density at radius 2 is 1.89 bits per heavy atom. The smallest absolute Gasteiger partial charge is 0.264 e. The SMILES string of the molecule is O=C(NC1CCN(c2ccccn2)CC1)C1CCCCN1C(=O)c1cccs1. The number of carbonyl (C=O) groups excluding carboxylic acids is 2. The molecule has 2 aliphatic rings. The largest absolute Gasteiger partial charge is 0.356 e. The van der Waals surface area contributed by atoms with Gasteiger partial charge in [-0.1, -0.05) is 12.1 Å². The van der Waals surface area contributed by atoms with Gasteiger partial charge in [0.05, 0.1) is 4.88 Å². The molecule has 0 saturated carbocycles. The summed E-state index contributed by atoms with van der Waals surface area (Å²) in [5.74, 6) is 0.980. The number of amides is 2. The van der Waals surface area contributed by atoms with Crippen molar-refractivity contribution in [1.82, 2.24) is 15.2 Å². The van der Waals surface area contributed by atoms with Crippen molar-refractivity contribution in [2.24, 2.45) is 0 Å². The number of nitrogens with zero attached hydrogens (tertiary/aromatic N) is 3. The van der Waals surface area contributed by atoms with Crippen molar-refractivity contribution in [2.45, 2.75) is 44.2 Å². The number of likely N-dealkylation sites (tertiary alicyclic amines) is 1. The summed E-state index contributed by atoms with van der Waals surface area (Å²) in [5.41, 5.74) is 0. The van der Waals surface area contributed by atoms with Crippen LogP contribution in [0.4, 0.5) is 5.82 Å². The van der Waals surface area contributed by atoms with Crippen molar-refractivity contribution >= 4 is 29.0 Å². The molecule has 2 fully saturated rings. The second-order valence-electron chi connectivity index (χ2n) is 7.45. The Morgan fingerprint density at radius 3 is 2.61 bits per heavy atom. The van der Waals surface area contributed by atoms with Crippen molar-refractivity contribution in [1.29, 1.82) is 0 Å². The van der Waals surface area contributed by atoms with Gasteiger partial charge in [0.1, 0.15) is 11.9 Å². The van der Waals surface area contributed by atoms with E-state index >= 15 is 0 Å². The van der Waals surface area contributed by atoms with E-state index in [1.807, 2.05) is 41.9 Å². The van der Waals surface area contributed by atoms with E-state index in [1.54, 1.807) is 4.90 Å². The van der Waals surface area contributed by atoms with Crippen LogP contribution in [0.5, 0.6) is 0 Å². The highest BCUT2D eigenvalue weighted by atomic mass is 32.1. The molecule has 0 aromatic carbocycles. The number of hydrogen-bond acceptors (Lipinski definition) is 5. The summed E-state index contributed by atoms with van der Waals surface area (Å²) in [6.45, 7) is 2.42. The fourth-order valence-electron chi connectivity index (χ4n) is 4.08. The molecule has 0 bridgehead atoms. The van der Waals surface area contributed by atoms with Crippen LogP contribution in [-0.4, -0.2) is 53.4 Å². The van der Waals surface area contributed by atoms with E-state index in [0.717, 1.165) is 51.0 Å². The lowest BCUT2D eigenvalue weighted by Crippen LogP contribution is -2.55. The van der Waals surface area contributed by atoms with E-state index in [9.17, 15) is 9.59 Å². The maximum absolute atomic E-state index is 13.0. The fourth-order valence-corrected chi connectivity index (χ4v) is 4.76. The number of anilines is 1. The molecule has 2 aromatic rings. The second kappa shape index (κ2) is 8.73. The van der Waals surface area contributed by atoms with Crippen molar-refractivity contribution < 1.29 is 9.59 Å². The third-order valence-electron chi connectivity index (χ3n) is 5.61. The number of hydrogen-bond donors (Lipinski definition) is 1. The van der Waals surface area contributed by atoms with Gasteiger partial charge < -0.3 is 15.1 Å². The number of aromatic nitrogens is 1. The molecule has 7 heteroatoms. The zero-order chi connectivity index (χ0) is 19.3. The molecular formula is C21H26N4O2S. The molecule has 2 aliphatic heterocycles. The first-order chi connectivity index (χ1) is 13.7. The van der Waals surface area contributed by atoms with E-state index in [-0.39, 0.29) is 23.9 Å². The monoisotopic (exact) mass is 398 g/mol. The topological polar surface area (TPSA) is 65.5 Å². The Balaban J connectivity index is 1.34. The second-order valence-corrected chi connectivity index (χ2v) is 8.39. The number of thiophene rings is 1.